The van der Waals surface area contributed by atoms with E-state index in [1.165, 1.54) is 21.3 Å². The Morgan fingerprint density at radius 3 is 2.32 bits per heavy atom. The van der Waals surface area contributed by atoms with E-state index in [0.717, 1.165) is 11.3 Å². The highest BCUT2D eigenvalue weighted by molar-refractivity contribution is 7.13. The zero-order chi connectivity index (χ0) is 22.4. The fourth-order valence-electron chi connectivity index (χ4n) is 2.64. The minimum Gasteiger partial charge on any atom is -0.493 e. The average molecular weight is 463 g/mol. The summed E-state index contributed by atoms with van der Waals surface area (Å²) in [6, 6.07) is 9.85. The molecular weight excluding hydrogens is 444 g/mol. The van der Waals surface area contributed by atoms with Crippen molar-refractivity contribution in [3.63, 3.8) is 0 Å². The number of halogens is 1. The third-order valence-corrected chi connectivity index (χ3v) is 5.23. The van der Waals surface area contributed by atoms with Crippen LogP contribution in [0.15, 0.2) is 36.4 Å². The van der Waals surface area contributed by atoms with E-state index in [2.05, 4.69) is 20.8 Å². The van der Waals surface area contributed by atoms with Crippen LogP contribution in [0.3, 0.4) is 0 Å². The van der Waals surface area contributed by atoms with Crippen molar-refractivity contribution in [3.8, 4) is 17.2 Å². The maximum Gasteiger partial charge on any atom is 0.286 e. The monoisotopic (exact) mass is 462 g/mol. The van der Waals surface area contributed by atoms with Gasteiger partial charge in [-0.25, -0.2) is 0 Å². The van der Waals surface area contributed by atoms with E-state index in [0.29, 0.717) is 38.5 Å². The summed E-state index contributed by atoms with van der Waals surface area (Å²) in [4.78, 5) is 24.9. The van der Waals surface area contributed by atoms with Crippen molar-refractivity contribution in [2.45, 2.75) is 6.54 Å². The van der Waals surface area contributed by atoms with E-state index in [-0.39, 0.29) is 17.5 Å². The van der Waals surface area contributed by atoms with Crippen LogP contribution in [0.4, 0.5) is 5.69 Å². The summed E-state index contributed by atoms with van der Waals surface area (Å²) in [5.74, 6) is 0.327. The maximum absolute atomic E-state index is 12.6. The molecule has 0 bridgehead atoms. The molecule has 11 heteroatoms. The summed E-state index contributed by atoms with van der Waals surface area (Å²) in [6.07, 6.45) is 0. The number of nitrogens with zero attached hydrogens (tertiary/aromatic N) is 2. The largest absolute Gasteiger partial charge is 0.493 e. The molecule has 31 heavy (non-hydrogen) atoms. The van der Waals surface area contributed by atoms with Crippen LogP contribution >= 0.6 is 22.9 Å². The highest BCUT2D eigenvalue weighted by Crippen LogP contribution is 2.38. The molecule has 0 unspecified atom stereocenters. The van der Waals surface area contributed by atoms with Gasteiger partial charge in [-0.05, 0) is 30.3 Å². The van der Waals surface area contributed by atoms with E-state index < -0.39 is 5.91 Å². The molecule has 2 amide bonds. The van der Waals surface area contributed by atoms with Crippen LogP contribution in [0.5, 0.6) is 17.2 Å². The van der Waals surface area contributed by atoms with Crippen LogP contribution in [0.25, 0.3) is 0 Å². The summed E-state index contributed by atoms with van der Waals surface area (Å²) in [6.45, 7) is 0.0948. The molecular formula is C20H19ClN4O5S. The fraction of sp³-hybridized carbons (Fsp3) is 0.200. The molecule has 0 saturated carbocycles. The van der Waals surface area contributed by atoms with Crippen molar-refractivity contribution in [2.75, 3.05) is 26.6 Å². The number of carbonyl (C=O) groups excluding carboxylic acids is 2. The molecule has 0 atom stereocenters. The lowest BCUT2D eigenvalue weighted by molar-refractivity contribution is 0.0949. The number of amides is 2. The number of nitrogens with one attached hydrogen (secondary N) is 2. The number of anilines is 1. The van der Waals surface area contributed by atoms with Gasteiger partial charge in [-0.2, -0.15) is 0 Å². The molecule has 0 aliphatic heterocycles. The van der Waals surface area contributed by atoms with Crippen LogP contribution in [0.1, 0.15) is 25.2 Å². The Morgan fingerprint density at radius 2 is 1.71 bits per heavy atom. The second-order valence-electron chi connectivity index (χ2n) is 6.06. The first-order valence-electron chi connectivity index (χ1n) is 8.92. The van der Waals surface area contributed by atoms with Gasteiger partial charge in [-0.1, -0.05) is 29.0 Å². The predicted molar refractivity (Wildman–Crippen MR) is 117 cm³/mol. The molecule has 162 valence electrons. The number of hydrogen-bond acceptors (Lipinski definition) is 8. The second-order valence-corrected chi connectivity index (χ2v) is 7.56. The van der Waals surface area contributed by atoms with Crippen molar-refractivity contribution in [1.29, 1.82) is 0 Å². The van der Waals surface area contributed by atoms with E-state index >= 15 is 0 Å². The van der Waals surface area contributed by atoms with Gasteiger partial charge in [0.1, 0.15) is 5.01 Å². The zero-order valence-corrected chi connectivity index (χ0v) is 18.5. The smallest absolute Gasteiger partial charge is 0.286 e. The molecule has 9 nitrogen and oxygen atoms in total. The molecule has 2 N–H and O–H groups in total. The number of hydrogen-bond donors (Lipinski definition) is 2. The van der Waals surface area contributed by atoms with E-state index in [9.17, 15) is 9.59 Å². The summed E-state index contributed by atoms with van der Waals surface area (Å²) < 4.78 is 15.8. The van der Waals surface area contributed by atoms with Gasteiger partial charge in [-0.15, -0.1) is 10.2 Å². The Bertz CT molecular complexity index is 1080. The second kappa shape index (κ2) is 10.1. The van der Waals surface area contributed by atoms with Crippen LogP contribution < -0.4 is 24.8 Å². The van der Waals surface area contributed by atoms with Gasteiger partial charge >= 0.3 is 0 Å². The molecule has 0 aliphatic carbocycles. The topological polar surface area (TPSA) is 112 Å². The minimum atomic E-state index is -0.415. The Balaban J connectivity index is 1.65. The van der Waals surface area contributed by atoms with Gasteiger partial charge in [0.2, 0.25) is 10.8 Å². The number of benzene rings is 2. The van der Waals surface area contributed by atoms with Crippen molar-refractivity contribution in [2.24, 2.45) is 0 Å². The third kappa shape index (κ3) is 5.41. The van der Waals surface area contributed by atoms with Gasteiger partial charge in [-0.3, -0.25) is 9.59 Å². The number of carbonyl (C=O) groups is 2. The first-order chi connectivity index (χ1) is 14.9. The number of ether oxygens (including phenoxy) is 3. The molecule has 0 saturated heterocycles. The van der Waals surface area contributed by atoms with Gasteiger partial charge < -0.3 is 24.8 Å². The Morgan fingerprint density at radius 1 is 1.00 bits per heavy atom. The van der Waals surface area contributed by atoms with Crippen molar-refractivity contribution in [3.05, 3.63) is 57.0 Å². The number of rotatable bonds is 8. The maximum atomic E-state index is 12.6. The van der Waals surface area contributed by atoms with E-state index in [1.54, 1.807) is 36.4 Å². The molecule has 3 aromatic rings. The van der Waals surface area contributed by atoms with Gasteiger partial charge in [0.05, 0.1) is 27.9 Å². The Labute approximate surface area is 187 Å². The molecule has 1 heterocycles. The first-order valence-corrected chi connectivity index (χ1v) is 10.1. The van der Waals surface area contributed by atoms with Crippen molar-refractivity contribution in [1.82, 2.24) is 15.5 Å². The van der Waals surface area contributed by atoms with E-state index in [1.807, 2.05) is 0 Å². The summed E-state index contributed by atoms with van der Waals surface area (Å²) in [5, 5.41) is 14.4. The van der Waals surface area contributed by atoms with Crippen molar-refractivity contribution < 1.29 is 23.8 Å². The van der Waals surface area contributed by atoms with Gasteiger partial charge in [0.15, 0.2) is 11.5 Å². The molecule has 0 spiro atoms. The molecule has 0 aliphatic rings. The highest BCUT2D eigenvalue weighted by atomic mass is 35.5. The molecule has 0 radical (unpaired) electrons. The minimum absolute atomic E-state index is 0.0948. The number of methoxy groups -OCH3 is 3. The van der Waals surface area contributed by atoms with Crippen molar-refractivity contribution >= 4 is 40.4 Å². The molecule has 3 rings (SSSR count). The standard InChI is InChI=1S/C20H19ClN4O5S/c1-28-14-7-11(8-15(29-2)17(14)30-3)18(26)22-10-16-24-25-20(31-16)19(27)23-13-6-4-5-12(21)9-13/h4-9H,10H2,1-3H3,(H,22,26)(H,23,27). The highest BCUT2D eigenvalue weighted by Gasteiger charge is 2.18. The van der Waals surface area contributed by atoms with Crippen LogP contribution in [0.2, 0.25) is 5.02 Å². The predicted octanol–water partition coefficient (Wildman–Crippen LogP) is 3.40. The summed E-state index contributed by atoms with van der Waals surface area (Å²) >= 11 is 6.99. The fourth-order valence-corrected chi connectivity index (χ4v) is 3.50. The molecule has 0 fully saturated rings. The SMILES string of the molecule is COc1cc(C(=O)NCc2nnc(C(=O)Nc3cccc(Cl)c3)s2)cc(OC)c1OC. The number of aromatic nitrogens is 2. The lowest BCUT2D eigenvalue weighted by Crippen LogP contribution is -2.22. The van der Waals surface area contributed by atoms with Gasteiger partial charge in [0.25, 0.3) is 11.8 Å². The quantitative estimate of drug-likeness (QED) is 0.527. The summed E-state index contributed by atoms with van der Waals surface area (Å²) in [5.41, 5.74) is 0.864. The third-order valence-electron chi connectivity index (χ3n) is 4.07. The van der Waals surface area contributed by atoms with Crippen LogP contribution in [-0.4, -0.2) is 43.3 Å². The Hall–Kier alpha value is -3.37. The molecule has 1 aromatic heterocycles. The summed E-state index contributed by atoms with van der Waals surface area (Å²) in [7, 11) is 4.42. The van der Waals surface area contributed by atoms with Crippen LogP contribution in [0, 0.1) is 0 Å². The zero-order valence-electron chi connectivity index (χ0n) is 16.9. The first kappa shape index (κ1) is 22.3. The normalized spacial score (nSPS) is 10.3. The van der Waals surface area contributed by atoms with Crippen LogP contribution in [-0.2, 0) is 6.54 Å². The lowest BCUT2D eigenvalue weighted by atomic mass is 10.1. The average Bonchev–Trinajstić information content (AvgIpc) is 3.25. The Kier molecular flexibility index (Phi) is 7.27. The van der Waals surface area contributed by atoms with Gasteiger partial charge in [0, 0.05) is 16.3 Å². The molecule has 2 aromatic carbocycles. The van der Waals surface area contributed by atoms with E-state index in [4.69, 9.17) is 25.8 Å². The lowest BCUT2D eigenvalue weighted by Gasteiger charge is -2.13.